The molecule has 1 aliphatic rings. The molecule has 0 aromatic heterocycles. The van der Waals surface area contributed by atoms with E-state index in [0.717, 1.165) is 18.6 Å². The summed E-state index contributed by atoms with van der Waals surface area (Å²) in [6, 6.07) is 10.2. The van der Waals surface area contributed by atoms with Crippen LogP contribution in [0.4, 0.5) is 0 Å². The molecule has 0 aliphatic carbocycles. The van der Waals surface area contributed by atoms with Gasteiger partial charge in [-0.1, -0.05) is 44.2 Å². The first kappa shape index (κ1) is 18.8. The number of carboxylic acids is 1. The summed E-state index contributed by atoms with van der Waals surface area (Å²) in [5, 5.41) is 8.86. The molecule has 1 atom stereocenters. The molecule has 1 saturated heterocycles. The molecule has 5 heteroatoms. The minimum Gasteiger partial charge on any atom is -0.481 e. The molecule has 2 rings (SSSR count). The number of nitrogens with zero attached hydrogens (tertiary/aromatic N) is 1. The standard InChI is InChI=1S/C19H27NO3S/c1-14(2)18(24-13-16-6-4-3-5-7-16)19(23)20-10-8-15(9-11-20)12-17(21)22/h3-7,14-15,18H,8-13H2,1-2H3,(H,21,22). The average Bonchev–Trinajstić information content (AvgIpc) is 2.55. The molecule has 0 bridgehead atoms. The predicted octanol–water partition coefficient (Wildman–Crippen LogP) is 3.66. The number of aliphatic carboxylic acids is 1. The molecule has 132 valence electrons. The lowest BCUT2D eigenvalue weighted by molar-refractivity contribution is -0.138. The number of thioether (sulfide) groups is 1. The van der Waals surface area contributed by atoms with Gasteiger partial charge in [-0.05, 0) is 30.2 Å². The highest BCUT2D eigenvalue weighted by Gasteiger charge is 2.30. The highest BCUT2D eigenvalue weighted by molar-refractivity contribution is 7.99. The Morgan fingerprint density at radius 3 is 2.38 bits per heavy atom. The summed E-state index contributed by atoms with van der Waals surface area (Å²) in [7, 11) is 0. The summed E-state index contributed by atoms with van der Waals surface area (Å²) in [5.74, 6) is 0.798. The maximum absolute atomic E-state index is 12.9. The number of carbonyl (C=O) groups is 2. The monoisotopic (exact) mass is 349 g/mol. The van der Waals surface area contributed by atoms with Crippen molar-refractivity contribution < 1.29 is 14.7 Å². The van der Waals surface area contributed by atoms with Crippen LogP contribution in [0.2, 0.25) is 0 Å². The van der Waals surface area contributed by atoms with Crippen molar-refractivity contribution in [3.05, 3.63) is 35.9 Å². The molecule has 0 spiro atoms. The molecule has 1 aromatic carbocycles. The summed E-state index contributed by atoms with van der Waals surface area (Å²) >= 11 is 1.71. The third-order valence-corrected chi connectivity index (χ3v) is 6.12. The van der Waals surface area contributed by atoms with Crippen LogP contribution >= 0.6 is 11.8 Å². The molecule has 1 aromatic rings. The van der Waals surface area contributed by atoms with Crippen LogP contribution in [0.5, 0.6) is 0 Å². The predicted molar refractivity (Wildman–Crippen MR) is 97.9 cm³/mol. The molecule has 0 radical (unpaired) electrons. The van der Waals surface area contributed by atoms with Gasteiger partial charge in [0, 0.05) is 25.3 Å². The van der Waals surface area contributed by atoms with Gasteiger partial charge in [-0.25, -0.2) is 0 Å². The van der Waals surface area contributed by atoms with E-state index in [1.165, 1.54) is 5.56 Å². The molecular weight excluding hydrogens is 322 g/mol. The zero-order valence-electron chi connectivity index (χ0n) is 14.5. The van der Waals surface area contributed by atoms with Gasteiger partial charge < -0.3 is 10.0 Å². The fourth-order valence-electron chi connectivity index (χ4n) is 3.09. The second-order valence-electron chi connectivity index (χ2n) is 6.83. The van der Waals surface area contributed by atoms with Gasteiger partial charge in [0.25, 0.3) is 0 Å². The molecule has 1 aliphatic heterocycles. The number of amides is 1. The molecule has 1 unspecified atom stereocenters. The highest BCUT2D eigenvalue weighted by atomic mass is 32.2. The summed E-state index contributed by atoms with van der Waals surface area (Å²) in [4.78, 5) is 25.6. The van der Waals surface area contributed by atoms with Crippen LogP contribution in [0.25, 0.3) is 0 Å². The van der Waals surface area contributed by atoms with E-state index in [0.29, 0.717) is 13.1 Å². The molecule has 1 fully saturated rings. The van der Waals surface area contributed by atoms with Gasteiger partial charge in [0.2, 0.25) is 5.91 Å². The van der Waals surface area contributed by atoms with Crippen LogP contribution in [-0.4, -0.2) is 40.2 Å². The van der Waals surface area contributed by atoms with E-state index in [1.807, 2.05) is 23.1 Å². The normalized spacial score (nSPS) is 17.0. The van der Waals surface area contributed by atoms with Gasteiger partial charge in [-0.15, -0.1) is 11.8 Å². The molecule has 24 heavy (non-hydrogen) atoms. The topological polar surface area (TPSA) is 57.6 Å². The molecule has 1 N–H and O–H groups in total. The first-order valence-electron chi connectivity index (χ1n) is 8.63. The highest BCUT2D eigenvalue weighted by Crippen LogP contribution is 2.28. The molecular formula is C19H27NO3S. The zero-order chi connectivity index (χ0) is 17.5. The van der Waals surface area contributed by atoms with Crippen LogP contribution in [0.3, 0.4) is 0 Å². The van der Waals surface area contributed by atoms with E-state index in [1.54, 1.807) is 11.8 Å². The van der Waals surface area contributed by atoms with Crippen LogP contribution in [0, 0.1) is 11.8 Å². The van der Waals surface area contributed by atoms with E-state index in [9.17, 15) is 9.59 Å². The Balaban J connectivity index is 1.88. The van der Waals surface area contributed by atoms with Crippen LogP contribution < -0.4 is 0 Å². The van der Waals surface area contributed by atoms with Gasteiger partial charge >= 0.3 is 5.97 Å². The van der Waals surface area contributed by atoms with Crippen LogP contribution in [0.1, 0.15) is 38.7 Å². The summed E-state index contributed by atoms with van der Waals surface area (Å²) in [6.07, 6.45) is 1.82. The van der Waals surface area contributed by atoms with Gasteiger partial charge in [0.1, 0.15) is 0 Å². The van der Waals surface area contributed by atoms with E-state index in [-0.39, 0.29) is 29.4 Å². The third kappa shape index (κ3) is 5.55. The Hall–Kier alpha value is -1.49. The maximum Gasteiger partial charge on any atom is 0.303 e. The Labute approximate surface area is 148 Å². The van der Waals surface area contributed by atoms with Crippen LogP contribution in [0.15, 0.2) is 30.3 Å². The minimum absolute atomic E-state index is 0.0405. The van der Waals surface area contributed by atoms with E-state index in [2.05, 4.69) is 26.0 Å². The first-order chi connectivity index (χ1) is 11.5. The number of hydrogen-bond donors (Lipinski definition) is 1. The van der Waals surface area contributed by atoms with Crippen molar-refractivity contribution in [3.8, 4) is 0 Å². The molecule has 0 saturated carbocycles. The Bertz CT molecular complexity index is 539. The Morgan fingerprint density at radius 1 is 1.21 bits per heavy atom. The van der Waals surface area contributed by atoms with Crippen molar-refractivity contribution in [1.29, 1.82) is 0 Å². The van der Waals surface area contributed by atoms with E-state index in [4.69, 9.17) is 5.11 Å². The second kappa shape index (κ2) is 9.11. The zero-order valence-corrected chi connectivity index (χ0v) is 15.3. The van der Waals surface area contributed by atoms with Gasteiger partial charge in [0.15, 0.2) is 0 Å². The van der Waals surface area contributed by atoms with Crippen molar-refractivity contribution >= 4 is 23.6 Å². The number of rotatable bonds is 7. The Kier molecular flexibility index (Phi) is 7.16. The fourth-order valence-corrected chi connectivity index (χ4v) is 4.33. The number of carbonyl (C=O) groups excluding carboxylic acids is 1. The SMILES string of the molecule is CC(C)C(SCc1ccccc1)C(=O)N1CCC(CC(=O)O)CC1. The third-order valence-electron chi connectivity index (χ3n) is 4.51. The largest absolute Gasteiger partial charge is 0.481 e. The van der Waals surface area contributed by atoms with Crippen molar-refractivity contribution in [3.63, 3.8) is 0 Å². The van der Waals surface area contributed by atoms with Crippen molar-refractivity contribution in [1.82, 2.24) is 4.90 Å². The van der Waals surface area contributed by atoms with Gasteiger partial charge in [-0.2, -0.15) is 0 Å². The lowest BCUT2D eigenvalue weighted by Gasteiger charge is -2.34. The minimum atomic E-state index is -0.738. The molecule has 1 amide bonds. The summed E-state index contributed by atoms with van der Waals surface area (Å²) in [5.41, 5.74) is 1.24. The smallest absolute Gasteiger partial charge is 0.303 e. The van der Waals surface area contributed by atoms with E-state index < -0.39 is 5.97 Å². The van der Waals surface area contributed by atoms with Gasteiger partial charge in [-0.3, -0.25) is 9.59 Å². The van der Waals surface area contributed by atoms with Crippen LogP contribution in [-0.2, 0) is 15.3 Å². The summed E-state index contributed by atoms with van der Waals surface area (Å²) < 4.78 is 0. The van der Waals surface area contributed by atoms with Crippen molar-refractivity contribution in [2.75, 3.05) is 13.1 Å². The second-order valence-corrected chi connectivity index (χ2v) is 7.96. The summed E-state index contributed by atoms with van der Waals surface area (Å²) in [6.45, 7) is 5.56. The molecule has 4 nitrogen and oxygen atoms in total. The number of piperidine rings is 1. The van der Waals surface area contributed by atoms with Crippen molar-refractivity contribution in [2.24, 2.45) is 11.8 Å². The maximum atomic E-state index is 12.9. The lowest BCUT2D eigenvalue weighted by Crippen LogP contribution is -2.44. The quantitative estimate of drug-likeness (QED) is 0.816. The number of hydrogen-bond acceptors (Lipinski definition) is 3. The lowest BCUT2D eigenvalue weighted by atomic mass is 9.93. The number of benzene rings is 1. The molecule has 1 heterocycles. The number of carboxylic acid groups (broad SMARTS) is 1. The first-order valence-corrected chi connectivity index (χ1v) is 9.68. The van der Waals surface area contributed by atoms with Gasteiger partial charge in [0.05, 0.1) is 5.25 Å². The fraction of sp³-hybridized carbons (Fsp3) is 0.579. The van der Waals surface area contributed by atoms with Crippen molar-refractivity contribution in [2.45, 2.75) is 44.1 Å². The van der Waals surface area contributed by atoms with E-state index >= 15 is 0 Å². The Morgan fingerprint density at radius 2 is 1.83 bits per heavy atom. The average molecular weight is 349 g/mol. The number of likely N-dealkylation sites (tertiary alicyclic amines) is 1.